The van der Waals surface area contributed by atoms with Crippen LogP contribution in [-0.2, 0) is 18.3 Å². The number of hydrogen-bond acceptors (Lipinski definition) is 5. The van der Waals surface area contributed by atoms with Crippen molar-refractivity contribution < 1.29 is 9.53 Å². The Bertz CT molecular complexity index is 966. The lowest BCUT2D eigenvalue weighted by Crippen LogP contribution is -2.24. The van der Waals surface area contributed by atoms with Crippen LogP contribution in [-0.4, -0.2) is 47.0 Å². The van der Waals surface area contributed by atoms with E-state index in [0.717, 1.165) is 42.1 Å². The number of ether oxygens (including phenoxy) is 1. The van der Waals surface area contributed by atoms with Gasteiger partial charge in [-0.2, -0.15) is 5.10 Å². The van der Waals surface area contributed by atoms with Gasteiger partial charge >= 0.3 is 0 Å². The molecule has 1 N–H and O–H groups in total. The van der Waals surface area contributed by atoms with Gasteiger partial charge in [-0.25, -0.2) is 0 Å². The van der Waals surface area contributed by atoms with Crippen LogP contribution in [0.1, 0.15) is 22.3 Å². The molecule has 0 aliphatic carbocycles. The molecule has 0 radical (unpaired) electrons. The lowest BCUT2D eigenvalue weighted by molar-refractivity contribution is 0.0951. The van der Waals surface area contributed by atoms with Gasteiger partial charge < -0.3 is 15.0 Å². The van der Waals surface area contributed by atoms with Crippen molar-refractivity contribution in [1.82, 2.24) is 20.1 Å². The summed E-state index contributed by atoms with van der Waals surface area (Å²) in [5, 5.41) is 7.11. The number of methoxy groups -OCH3 is 1. The molecule has 3 heterocycles. The van der Waals surface area contributed by atoms with Crippen molar-refractivity contribution in [3.05, 3.63) is 66.0 Å². The number of amides is 1. The van der Waals surface area contributed by atoms with E-state index in [0.29, 0.717) is 12.1 Å². The number of carbonyl (C=O) groups is 1. The predicted molar refractivity (Wildman–Crippen MR) is 112 cm³/mol. The van der Waals surface area contributed by atoms with Crippen LogP contribution in [0, 0.1) is 0 Å². The number of aromatic nitrogens is 3. The van der Waals surface area contributed by atoms with E-state index in [2.05, 4.69) is 20.3 Å². The number of carbonyl (C=O) groups excluding carboxylic acids is 1. The maximum Gasteiger partial charge on any atom is 0.251 e. The minimum absolute atomic E-state index is 0.0940. The molecule has 3 aromatic rings. The van der Waals surface area contributed by atoms with Crippen LogP contribution in [0.4, 0.5) is 5.69 Å². The van der Waals surface area contributed by atoms with Gasteiger partial charge in [0, 0.05) is 57.4 Å². The topological polar surface area (TPSA) is 72.3 Å². The Kier molecular flexibility index (Phi) is 5.57. The number of nitrogens with zero attached hydrogens (tertiary/aromatic N) is 4. The molecule has 0 spiro atoms. The molecule has 1 amide bonds. The zero-order valence-corrected chi connectivity index (χ0v) is 16.7. The van der Waals surface area contributed by atoms with Crippen molar-refractivity contribution in [2.45, 2.75) is 19.1 Å². The van der Waals surface area contributed by atoms with E-state index in [-0.39, 0.29) is 12.0 Å². The van der Waals surface area contributed by atoms with Gasteiger partial charge in [-0.1, -0.05) is 6.07 Å². The Morgan fingerprint density at radius 3 is 2.66 bits per heavy atom. The number of hydrogen-bond donors (Lipinski definition) is 1. The highest BCUT2D eigenvalue weighted by Crippen LogP contribution is 2.22. The van der Waals surface area contributed by atoms with Crippen LogP contribution in [0.3, 0.4) is 0 Å². The number of aryl methyl sites for hydroxylation is 1. The molecule has 0 unspecified atom stereocenters. The minimum atomic E-state index is -0.0940. The molecule has 1 saturated heterocycles. The Balaban J connectivity index is 1.33. The molecule has 4 rings (SSSR count). The molecule has 29 heavy (non-hydrogen) atoms. The minimum Gasteiger partial charge on any atom is -0.380 e. The molecule has 0 saturated carbocycles. The summed E-state index contributed by atoms with van der Waals surface area (Å²) >= 11 is 0. The van der Waals surface area contributed by atoms with Gasteiger partial charge in [0.15, 0.2) is 0 Å². The van der Waals surface area contributed by atoms with Gasteiger partial charge in [0.1, 0.15) is 0 Å². The fourth-order valence-electron chi connectivity index (χ4n) is 3.57. The van der Waals surface area contributed by atoms with Crippen LogP contribution in [0.15, 0.2) is 54.9 Å². The fraction of sp³-hybridized carbons (Fsp3) is 0.318. The first-order chi connectivity index (χ1) is 14.1. The summed E-state index contributed by atoms with van der Waals surface area (Å²) in [5.74, 6) is -0.0940. The van der Waals surface area contributed by atoms with Crippen molar-refractivity contribution in [2.24, 2.45) is 7.05 Å². The third kappa shape index (κ3) is 4.30. The molecule has 0 bridgehead atoms. The van der Waals surface area contributed by atoms with Crippen LogP contribution in [0.25, 0.3) is 11.4 Å². The van der Waals surface area contributed by atoms with Crippen molar-refractivity contribution in [2.75, 3.05) is 25.1 Å². The molecule has 1 fully saturated rings. The van der Waals surface area contributed by atoms with Crippen LogP contribution in [0.2, 0.25) is 0 Å². The van der Waals surface area contributed by atoms with Crippen LogP contribution in [0.5, 0.6) is 0 Å². The van der Waals surface area contributed by atoms with Crippen molar-refractivity contribution >= 4 is 11.6 Å². The van der Waals surface area contributed by atoms with E-state index in [1.54, 1.807) is 24.2 Å². The van der Waals surface area contributed by atoms with Crippen LogP contribution < -0.4 is 10.2 Å². The summed E-state index contributed by atoms with van der Waals surface area (Å²) in [6.07, 6.45) is 4.85. The molecular formula is C22H25N5O2. The highest BCUT2D eigenvalue weighted by Gasteiger charge is 2.22. The second-order valence-corrected chi connectivity index (χ2v) is 7.21. The third-order valence-electron chi connectivity index (χ3n) is 5.33. The van der Waals surface area contributed by atoms with E-state index >= 15 is 0 Å². The zero-order chi connectivity index (χ0) is 20.2. The summed E-state index contributed by atoms with van der Waals surface area (Å²) in [7, 11) is 3.64. The SMILES string of the molecule is CO[C@H]1CCN(c2ccc(C(=O)NCc3ccc(-c4ccnn4C)nc3)cc2)C1. The molecule has 150 valence electrons. The van der Waals surface area contributed by atoms with Crippen molar-refractivity contribution in [1.29, 1.82) is 0 Å². The molecule has 1 aliphatic rings. The molecule has 1 atom stereocenters. The fourth-order valence-corrected chi connectivity index (χ4v) is 3.57. The maximum absolute atomic E-state index is 12.5. The van der Waals surface area contributed by atoms with Gasteiger partial charge in [-0.3, -0.25) is 14.5 Å². The standard InChI is InChI=1S/C22H25N5O2/c1-26-21(9-11-25-26)20-8-3-16(13-23-20)14-24-22(28)17-4-6-18(7-5-17)27-12-10-19(15-27)29-2/h3-9,11,13,19H,10,12,14-15H2,1-2H3,(H,24,28)/t19-/m0/s1. The van der Waals surface area contributed by atoms with Gasteiger partial charge in [0.05, 0.1) is 17.5 Å². The smallest absolute Gasteiger partial charge is 0.251 e. The summed E-state index contributed by atoms with van der Waals surface area (Å²) in [6, 6.07) is 13.6. The molecule has 1 aliphatic heterocycles. The van der Waals surface area contributed by atoms with E-state index in [4.69, 9.17) is 4.74 Å². The largest absolute Gasteiger partial charge is 0.380 e. The number of benzene rings is 1. The highest BCUT2D eigenvalue weighted by atomic mass is 16.5. The normalized spacial score (nSPS) is 16.2. The van der Waals surface area contributed by atoms with E-state index in [1.165, 1.54) is 0 Å². The average Bonchev–Trinajstić information content (AvgIpc) is 3.41. The monoisotopic (exact) mass is 391 g/mol. The number of anilines is 1. The molecule has 1 aromatic carbocycles. The molecular weight excluding hydrogens is 366 g/mol. The summed E-state index contributed by atoms with van der Waals surface area (Å²) in [6.45, 7) is 2.30. The predicted octanol–water partition coefficient (Wildman–Crippen LogP) is 2.64. The third-order valence-corrected chi connectivity index (χ3v) is 5.33. The van der Waals surface area contributed by atoms with E-state index < -0.39 is 0 Å². The molecule has 7 heteroatoms. The van der Waals surface area contributed by atoms with Crippen molar-refractivity contribution in [3.63, 3.8) is 0 Å². The first-order valence-electron chi connectivity index (χ1n) is 9.73. The summed E-state index contributed by atoms with van der Waals surface area (Å²) in [5.41, 5.74) is 4.53. The van der Waals surface area contributed by atoms with Crippen LogP contribution >= 0.6 is 0 Å². The second kappa shape index (κ2) is 8.45. The molecule has 2 aromatic heterocycles. The number of nitrogens with one attached hydrogen (secondary N) is 1. The maximum atomic E-state index is 12.5. The Labute approximate surface area is 170 Å². The summed E-state index contributed by atoms with van der Waals surface area (Å²) < 4.78 is 7.20. The van der Waals surface area contributed by atoms with E-state index in [9.17, 15) is 4.79 Å². The van der Waals surface area contributed by atoms with Gasteiger partial charge in [0.2, 0.25) is 0 Å². The van der Waals surface area contributed by atoms with Crippen molar-refractivity contribution in [3.8, 4) is 11.4 Å². The lowest BCUT2D eigenvalue weighted by Gasteiger charge is -2.18. The van der Waals surface area contributed by atoms with E-state index in [1.807, 2.05) is 49.5 Å². The zero-order valence-electron chi connectivity index (χ0n) is 16.7. The Morgan fingerprint density at radius 1 is 1.21 bits per heavy atom. The van der Waals surface area contributed by atoms with Gasteiger partial charge in [-0.15, -0.1) is 0 Å². The number of pyridine rings is 1. The van der Waals surface area contributed by atoms with Gasteiger partial charge in [0.25, 0.3) is 5.91 Å². The lowest BCUT2D eigenvalue weighted by atomic mass is 10.1. The summed E-state index contributed by atoms with van der Waals surface area (Å²) in [4.78, 5) is 19.2. The first kappa shape index (κ1) is 19.1. The molecule has 7 nitrogen and oxygen atoms in total. The highest BCUT2D eigenvalue weighted by molar-refractivity contribution is 5.94. The first-order valence-corrected chi connectivity index (χ1v) is 9.73. The second-order valence-electron chi connectivity index (χ2n) is 7.21. The average molecular weight is 391 g/mol. The quantitative estimate of drug-likeness (QED) is 0.699. The Morgan fingerprint density at radius 2 is 2.03 bits per heavy atom. The number of rotatable bonds is 6. The van der Waals surface area contributed by atoms with Gasteiger partial charge in [-0.05, 0) is 48.4 Å². The Hall–Kier alpha value is -3.19.